The van der Waals surface area contributed by atoms with Gasteiger partial charge in [0, 0.05) is 16.6 Å². The Morgan fingerprint density at radius 3 is 2.38 bits per heavy atom. The lowest BCUT2D eigenvalue weighted by molar-refractivity contribution is -0.137. The summed E-state index contributed by atoms with van der Waals surface area (Å²) in [5.41, 5.74) is 5.47. The molecule has 1 heterocycles. The highest BCUT2D eigenvalue weighted by Crippen LogP contribution is 2.36. The van der Waals surface area contributed by atoms with E-state index in [1.807, 2.05) is 0 Å². The first kappa shape index (κ1) is 18.1. The van der Waals surface area contributed by atoms with Gasteiger partial charge in [-0.15, -0.1) is 23.7 Å². The minimum absolute atomic E-state index is 0. The molecule has 0 amide bonds. The fourth-order valence-corrected chi connectivity index (χ4v) is 2.47. The topological polar surface area (TPSA) is 38.9 Å². The Bertz CT molecular complexity index is 644. The fourth-order valence-electron chi connectivity index (χ4n) is 1.50. The molecule has 10 heteroatoms. The molecule has 0 fully saturated rings. The molecule has 2 rings (SSSR count). The van der Waals surface area contributed by atoms with E-state index < -0.39 is 33.9 Å². The molecule has 116 valence electrons. The molecule has 0 bridgehead atoms. The normalized spacial score (nSPS) is 12.9. The number of thiazole rings is 1. The summed E-state index contributed by atoms with van der Waals surface area (Å²) >= 11 is 5.69. The van der Waals surface area contributed by atoms with E-state index in [4.69, 9.17) is 17.3 Å². The van der Waals surface area contributed by atoms with Crippen LogP contribution in [0.1, 0.15) is 21.5 Å². The van der Waals surface area contributed by atoms with Crippen LogP contribution in [0, 0.1) is 11.6 Å². The molecule has 0 aliphatic rings. The van der Waals surface area contributed by atoms with Crippen LogP contribution in [0.2, 0.25) is 5.02 Å². The number of hydrogen-bond donors (Lipinski definition) is 1. The van der Waals surface area contributed by atoms with Gasteiger partial charge in [0.2, 0.25) is 0 Å². The van der Waals surface area contributed by atoms with Crippen molar-refractivity contribution in [1.29, 1.82) is 0 Å². The van der Waals surface area contributed by atoms with E-state index in [-0.39, 0.29) is 22.8 Å². The predicted octanol–water partition coefficient (Wildman–Crippen LogP) is 4.56. The molecule has 21 heavy (non-hydrogen) atoms. The van der Waals surface area contributed by atoms with E-state index in [0.717, 1.165) is 18.3 Å². The van der Waals surface area contributed by atoms with Gasteiger partial charge >= 0.3 is 6.18 Å². The summed E-state index contributed by atoms with van der Waals surface area (Å²) in [7, 11) is 0. The number of nitrogens with zero attached hydrogens (tertiary/aromatic N) is 1. The molecule has 2 aromatic rings. The van der Waals surface area contributed by atoms with Crippen molar-refractivity contribution in [1.82, 2.24) is 4.98 Å². The number of rotatable bonds is 2. The van der Waals surface area contributed by atoms with Crippen LogP contribution in [-0.4, -0.2) is 4.98 Å². The van der Waals surface area contributed by atoms with Gasteiger partial charge in [0.1, 0.15) is 16.7 Å². The minimum atomic E-state index is -4.60. The number of aromatic nitrogens is 1. The molecule has 1 aromatic heterocycles. The number of halogens is 7. The van der Waals surface area contributed by atoms with Crippen molar-refractivity contribution in [3.63, 3.8) is 0 Å². The van der Waals surface area contributed by atoms with Gasteiger partial charge in [-0.1, -0.05) is 17.7 Å². The van der Waals surface area contributed by atoms with Gasteiger partial charge in [-0.2, -0.15) is 13.2 Å². The third-order valence-corrected chi connectivity index (χ3v) is 3.94. The van der Waals surface area contributed by atoms with Crippen LogP contribution in [0.5, 0.6) is 0 Å². The van der Waals surface area contributed by atoms with Gasteiger partial charge in [0.15, 0.2) is 5.01 Å². The van der Waals surface area contributed by atoms with Crippen LogP contribution in [0.25, 0.3) is 0 Å². The molecule has 1 atom stereocenters. The van der Waals surface area contributed by atoms with Crippen LogP contribution in [0.15, 0.2) is 18.3 Å². The second-order valence-electron chi connectivity index (χ2n) is 3.81. The Kier molecular flexibility index (Phi) is 5.54. The molecule has 1 aromatic carbocycles. The largest absolute Gasteiger partial charge is 0.443 e. The minimum Gasteiger partial charge on any atom is -0.319 e. The van der Waals surface area contributed by atoms with E-state index in [1.165, 1.54) is 0 Å². The number of nitrogens with two attached hydrogens (primary N) is 1. The third-order valence-electron chi connectivity index (χ3n) is 2.47. The first-order valence-electron chi connectivity index (χ1n) is 5.13. The number of benzene rings is 1. The molecule has 0 aliphatic heterocycles. The van der Waals surface area contributed by atoms with Crippen LogP contribution in [-0.2, 0) is 6.18 Å². The Morgan fingerprint density at radius 1 is 1.24 bits per heavy atom. The molecule has 0 radical (unpaired) electrons. The maximum Gasteiger partial charge on any atom is 0.443 e. The zero-order valence-electron chi connectivity index (χ0n) is 9.92. The summed E-state index contributed by atoms with van der Waals surface area (Å²) in [6.45, 7) is 0. The number of hydrogen-bond acceptors (Lipinski definition) is 3. The Morgan fingerprint density at radius 2 is 1.86 bits per heavy atom. The molecule has 0 saturated heterocycles. The smallest absolute Gasteiger partial charge is 0.319 e. The lowest BCUT2D eigenvalue weighted by Crippen LogP contribution is -2.13. The van der Waals surface area contributed by atoms with Gasteiger partial charge in [-0.05, 0) is 6.07 Å². The molecule has 0 spiro atoms. The molecule has 2 N–H and O–H groups in total. The van der Waals surface area contributed by atoms with E-state index in [0.29, 0.717) is 11.3 Å². The van der Waals surface area contributed by atoms with E-state index in [2.05, 4.69) is 4.98 Å². The summed E-state index contributed by atoms with van der Waals surface area (Å²) < 4.78 is 64.0. The summed E-state index contributed by atoms with van der Waals surface area (Å²) in [6.07, 6.45) is -3.68. The lowest BCUT2D eigenvalue weighted by atomic mass is 10.1. The standard InChI is InChI=1S/C11H6ClF5N2S.ClH/c12-7-5(13)2-1-4(8(7)14)9(18)6-3-19-10(20-6)11(15,16)17;/h1-3,9H,18H2;1H. The van der Waals surface area contributed by atoms with Crippen LogP contribution in [0.4, 0.5) is 22.0 Å². The average molecular weight is 365 g/mol. The van der Waals surface area contributed by atoms with Crippen LogP contribution < -0.4 is 5.73 Å². The molecule has 0 saturated carbocycles. The summed E-state index contributed by atoms with van der Waals surface area (Å²) in [5.74, 6) is -2.07. The Balaban J connectivity index is 0.00000220. The quantitative estimate of drug-likeness (QED) is 0.626. The van der Waals surface area contributed by atoms with Crippen molar-refractivity contribution >= 4 is 35.3 Å². The van der Waals surface area contributed by atoms with Gasteiger partial charge < -0.3 is 5.73 Å². The second-order valence-corrected chi connectivity index (χ2v) is 5.25. The zero-order valence-corrected chi connectivity index (χ0v) is 12.3. The molecule has 2 nitrogen and oxygen atoms in total. The van der Waals surface area contributed by atoms with Crippen molar-refractivity contribution in [2.45, 2.75) is 12.2 Å². The van der Waals surface area contributed by atoms with Gasteiger partial charge in [-0.3, -0.25) is 0 Å². The summed E-state index contributed by atoms with van der Waals surface area (Å²) in [4.78, 5) is 3.19. The van der Waals surface area contributed by atoms with Crippen molar-refractivity contribution in [2.75, 3.05) is 0 Å². The molecular formula is C11H7Cl2F5N2S. The predicted molar refractivity (Wildman–Crippen MR) is 71.8 cm³/mol. The summed E-state index contributed by atoms with van der Waals surface area (Å²) in [6, 6.07) is 0.724. The lowest BCUT2D eigenvalue weighted by Gasteiger charge is -2.11. The van der Waals surface area contributed by atoms with Crippen molar-refractivity contribution in [3.8, 4) is 0 Å². The first-order chi connectivity index (χ1) is 9.21. The molecule has 1 unspecified atom stereocenters. The van der Waals surface area contributed by atoms with Crippen molar-refractivity contribution in [3.05, 3.63) is 50.4 Å². The SMILES string of the molecule is Cl.NC(c1cnc(C(F)(F)F)s1)c1ccc(F)c(Cl)c1F. The first-order valence-corrected chi connectivity index (χ1v) is 6.33. The monoisotopic (exact) mass is 364 g/mol. The Labute approximate surface area is 131 Å². The maximum atomic E-state index is 13.7. The van der Waals surface area contributed by atoms with Gasteiger partial charge in [0.05, 0.1) is 6.04 Å². The fraction of sp³-hybridized carbons (Fsp3) is 0.182. The van der Waals surface area contributed by atoms with E-state index >= 15 is 0 Å². The summed E-state index contributed by atoms with van der Waals surface area (Å²) in [5, 5.41) is -1.84. The van der Waals surface area contributed by atoms with E-state index in [9.17, 15) is 22.0 Å². The maximum absolute atomic E-state index is 13.7. The van der Waals surface area contributed by atoms with Crippen LogP contribution in [0.3, 0.4) is 0 Å². The average Bonchev–Trinajstić information content (AvgIpc) is 2.85. The van der Waals surface area contributed by atoms with Crippen molar-refractivity contribution < 1.29 is 22.0 Å². The van der Waals surface area contributed by atoms with Crippen LogP contribution >= 0.6 is 35.3 Å². The Hall–Kier alpha value is -0.960. The highest BCUT2D eigenvalue weighted by Gasteiger charge is 2.35. The zero-order chi connectivity index (χ0) is 15.1. The highest BCUT2D eigenvalue weighted by atomic mass is 35.5. The van der Waals surface area contributed by atoms with Gasteiger partial charge in [-0.25, -0.2) is 13.8 Å². The van der Waals surface area contributed by atoms with Gasteiger partial charge in [0.25, 0.3) is 0 Å². The highest BCUT2D eigenvalue weighted by molar-refractivity contribution is 7.11. The molecule has 0 aliphatic carbocycles. The van der Waals surface area contributed by atoms with E-state index in [1.54, 1.807) is 0 Å². The third kappa shape index (κ3) is 3.63. The number of alkyl halides is 3. The molecular weight excluding hydrogens is 358 g/mol. The second kappa shape index (κ2) is 6.43. The van der Waals surface area contributed by atoms with Crippen molar-refractivity contribution in [2.24, 2.45) is 5.73 Å².